The number of benzene rings is 1. The second-order valence-corrected chi connectivity index (χ2v) is 5.28. The smallest absolute Gasteiger partial charge is 0.308 e. The standard InChI is InChI=1S/C16H10F6N2O/c1-9-4-3-5-10(6-9)12-7-11(16(20,21)22)13(23-2)14(25)24(12)8-15(17,18)19/h3-7H,8H2,1H3. The Morgan fingerprint density at radius 3 is 2.24 bits per heavy atom. The van der Waals surface area contributed by atoms with Crippen molar-refractivity contribution in [2.75, 3.05) is 0 Å². The van der Waals surface area contributed by atoms with Crippen molar-refractivity contribution in [3.63, 3.8) is 0 Å². The largest absolute Gasteiger partial charge is 0.407 e. The molecule has 0 spiro atoms. The first-order valence-electron chi connectivity index (χ1n) is 6.80. The third-order valence-corrected chi connectivity index (χ3v) is 3.34. The Kier molecular flexibility index (Phi) is 4.66. The number of halogens is 6. The van der Waals surface area contributed by atoms with Crippen LogP contribution in [0.25, 0.3) is 16.1 Å². The van der Waals surface area contributed by atoms with Crippen LogP contribution in [0.3, 0.4) is 0 Å². The van der Waals surface area contributed by atoms with Gasteiger partial charge in [-0.05, 0) is 24.6 Å². The summed E-state index contributed by atoms with van der Waals surface area (Å²) in [6, 6.07) is 6.12. The van der Waals surface area contributed by atoms with E-state index in [0.717, 1.165) is 0 Å². The van der Waals surface area contributed by atoms with Gasteiger partial charge in [-0.3, -0.25) is 4.79 Å². The Morgan fingerprint density at radius 1 is 1.12 bits per heavy atom. The highest BCUT2D eigenvalue weighted by atomic mass is 19.4. The van der Waals surface area contributed by atoms with Gasteiger partial charge in [0.1, 0.15) is 6.54 Å². The monoisotopic (exact) mass is 360 g/mol. The van der Waals surface area contributed by atoms with Gasteiger partial charge in [0.2, 0.25) is 0 Å². The third-order valence-electron chi connectivity index (χ3n) is 3.34. The molecule has 2 aromatic rings. The maximum absolute atomic E-state index is 13.1. The molecule has 132 valence electrons. The normalized spacial score (nSPS) is 12.1. The molecule has 1 aromatic heterocycles. The fourth-order valence-electron chi connectivity index (χ4n) is 2.34. The second-order valence-electron chi connectivity index (χ2n) is 5.28. The Bertz CT molecular complexity index is 903. The summed E-state index contributed by atoms with van der Waals surface area (Å²) in [6.07, 6.45) is -9.89. The highest BCUT2D eigenvalue weighted by molar-refractivity contribution is 5.66. The maximum Gasteiger partial charge on any atom is 0.407 e. The summed E-state index contributed by atoms with van der Waals surface area (Å²) in [4.78, 5) is 14.7. The van der Waals surface area contributed by atoms with Crippen LogP contribution < -0.4 is 5.56 Å². The van der Waals surface area contributed by atoms with Crippen molar-refractivity contribution >= 4 is 5.69 Å². The van der Waals surface area contributed by atoms with Crippen molar-refractivity contribution in [1.82, 2.24) is 4.57 Å². The molecular weight excluding hydrogens is 350 g/mol. The van der Waals surface area contributed by atoms with Crippen LogP contribution in [-0.4, -0.2) is 10.7 Å². The van der Waals surface area contributed by atoms with Crippen molar-refractivity contribution in [2.45, 2.75) is 25.8 Å². The zero-order chi connectivity index (χ0) is 19.0. The maximum atomic E-state index is 13.1. The SMILES string of the molecule is [C-]#[N+]c1c(C(F)(F)F)cc(-c2cccc(C)c2)n(CC(F)(F)F)c1=O. The van der Waals surface area contributed by atoms with E-state index in [0.29, 0.717) is 11.6 Å². The van der Waals surface area contributed by atoms with Crippen LogP contribution in [0.2, 0.25) is 0 Å². The lowest BCUT2D eigenvalue weighted by Crippen LogP contribution is -2.30. The van der Waals surface area contributed by atoms with E-state index >= 15 is 0 Å². The fraction of sp³-hybridized carbons (Fsp3) is 0.250. The summed E-state index contributed by atoms with van der Waals surface area (Å²) < 4.78 is 78.0. The predicted octanol–water partition coefficient (Wildman–Crippen LogP) is 4.96. The summed E-state index contributed by atoms with van der Waals surface area (Å²) in [5, 5.41) is 0. The van der Waals surface area contributed by atoms with E-state index in [1.54, 1.807) is 13.0 Å². The molecule has 1 aromatic carbocycles. The quantitative estimate of drug-likeness (QED) is 0.549. The van der Waals surface area contributed by atoms with Crippen LogP contribution in [0.1, 0.15) is 11.1 Å². The Labute approximate surface area is 138 Å². The zero-order valence-corrected chi connectivity index (χ0v) is 12.7. The predicted molar refractivity (Wildman–Crippen MR) is 78.2 cm³/mol. The third kappa shape index (κ3) is 4.02. The zero-order valence-electron chi connectivity index (χ0n) is 12.7. The van der Waals surface area contributed by atoms with E-state index in [2.05, 4.69) is 4.85 Å². The molecule has 3 nitrogen and oxygen atoms in total. The molecule has 0 fully saturated rings. The number of alkyl halides is 6. The first-order valence-corrected chi connectivity index (χ1v) is 6.80. The molecule has 0 saturated heterocycles. The minimum Gasteiger partial charge on any atom is -0.308 e. The first kappa shape index (κ1) is 18.6. The summed E-state index contributed by atoms with van der Waals surface area (Å²) >= 11 is 0. The summed E-state index contributed by atoms with van der Waals surface area (Å²) in [5.74, 6) is 0. The molecule has 0 aliphatic heterocycles. The molecule has 0 aliphatic rings. The molecule has 0 amide bonds. The number of pyridine rings is 1. The highest BCUT2D eigenvalue weighted by Gasteiger charge is 2.38. The molecule has 0 aliphatic carbocycles. The Hall–Kier alpha value is -2.76. The lowest BCUT2D eigenvalue weighted by Gasteiger charge is -2.19. The van der Waals surface area contributed by atoms with Gasteiger partial charge in [-0.15, -0.1) is 0 Å². The molecule has 0 atom stereocenters. The van der Waals surface area contributed by atoms with Gasteiger partial charge in [-0.2, -0.15) is 26.3 Å². The number of hydrogen-bond donors (Lipinski definition) is 0. The van der Waals surface area contributed by atoms with Crippen LogP contribution in [0, 0.1) is 13.5 Å². The van der Waals surface area contributed by atoms with Crippen LogP contribution >= 0.6 is 0 Å². The molecule has 0 saturated carbocycles. The number of nitrogens with zero attached hydrogens (tertiary/aromatic N) is 2. The Morgan fingerprint density at radius 2 is 1.76 bits per heavy atom. The average Bonchev–Trinajstić information content (AvgIpc) is 2.46. The van der Waals surface area contributed by atoms with Gasteiger partial charge in [0.05, 0.1) is 12.1 Å². The number of rotatable bonds is 2. The van der Waals surface area contributed by atoms with E-state index in [1.807, 2.05) is 0 Å². The Balaban J connectivity index is 2.90. The molecule has 9 heteroatoms. The van der Waals surface area contributed by atoms with E-state index in [9.17, 15) is 31.1 Å². The fourth-order valence-corrected chi connectivity index (χ4v) is 2.34. The van der Waals surface area contributed by atoms with Gasteiger partial charge in [0.25, 0.3) is 11.2 Å². The molecule has 0 N–H and O–H groups in total. The van der Waals surface area contributed by atoms with Crippen LogP contribution in [0.4, 0.5) is 32.0 Å². The van der Waals surface area contributed by atoms with Gasteiger partial charge in [0.15, 0.2) is 0 Å². The molecule has 25 heavy (non-hydrogen) atoms. The van der Waals surface area contributed by atoms with Gasteiger partial charge >= 0.3 is 12.4 Å². The van der Waals surface area contributed by atoms with Gasteiger partial charge in [0, 0.05) is 5.69 Å². The van der Waals surface area contributed by atoms with Crippen LogP contribution in [0.5, 0.6) is 0 Å². The topological polar surface area (TPSA) is 26.4 Å². The average molecular weight is 360 g/mol. The van der Waals surface area contributed by atoms with Crippen molar-refractivity contribution in [3.05, 3.63) is 63.2 Å². The van der Waals surface area contributed by atoms with Crippen LogP contribution in [-0.2, 0) is 12.7 Å². The van der Waals surface area contributed by atoms with E-state index in [-0.39, 0.29) is 10.1 Å². The van der Waals surface area contributed by atoms with E-state index in [1.165, 1.54) is 18.2 Å². The van der Waals surface area contributed by atoms with Gasteiger partial charge in [-0.25, -0.2) is 4.85 Å². The molecule has 0 radical (unpaired) electrons. The van der Waals surface area contributed by atoms with Crippen molar-refractivity contribution in [3.8, 4) is 11.3 Å². The number of aryl methyl sites for hydroxylation is 1. The van der Waals surface area contributed by atoms with Gasteiger partial charge in [-0.1, -0.05) is 23.8 Å². The molecule has 1 heterocycles. The van der Waals surface area contributed by atoms with Crippen molar-refractivity contribution in [1.29, 1.82) is 0 Å². The minimum atomic E-state index is -5.05. The lowest BCUT2D eigenvalue weighted by atomic mass is 10.0. The van der Waals surface area contributed by atoms with E-state index < -0.39 is 41.4 Å². The summed E-state index contributed by atoms with van der Waals surface area (Å²) in [5.41, 5.74) is -4.50. The lowest BCUT2D eigenvalue weighted by molar-refractivity contribution is -0.141. The molecule has 0 unspecified atom stereocenters. The summed E-state index contributed by atoms with van der Waals surface area (Å²) in [6.45, 7) is 6.58. The highest BCUT2D eigenvalue weighted by Crippen LogP contribution is 2.37. The minimum absolute atomic E-state index is 0.0170. The first-order chi connectivity index (χ1) is 11.4. The van der Waals surface area contributed by atoms with Crippen molar-refractivity contribution in [2.24, 2.45) is 0 Å². The number of hydrogen-bond acceptors (Lipinski definition) is 1. The second kappa shape index (κ2) is 6.27. The van der Waals surface area contributed by atoms with E-state index in [4.69, 9.17) is 6.57 Å². The molecule has 0 bridgehead atoms. The number of aromatic nitrogens is 1. The summed E-state index contributed by atoms with van der Waals surface area (Å²) in [7, 11) is 0. The molecular formula is C16H10F6N2O. The van der Waals surface area contributed by atoms with Gasteiger partial charge < -0.3 is 4.57 Å². The van der Waals surface area contributed by atoms with Crippen LogP contribution in [0.15, 0.2) is 35.1 Å². The molecule has 2 rings (SSSR count). The van der Waals surface area contributed by atoms with Crippen molar-refractivity contribution < 1.29 is 26.3 Å².